The van der Waals surface area contributed by atoms with E-state index in [-0.39, 0.29) is 0 Å². The molecule has 6 nitrogen and oxygen atoms in total. The molecule has 0 amide bonds. The Morgan fingerprint density at radius 3 is 0.694 bits per heavy atom. The molecule has 0 N–H and O–H groups in total. The van der Waals surface area contributed by atoms with Crippen LogP contribution in [0.2, 0.25) is 0 Å². The predicted octanol–water partition coefficient (Wildman–Crippen LogP) is 36.7. The van der Waals surface area contributed by atoms with E-state index in [1.807, 2.05) is 0 Å². The van der Waals surface area contributed by atoms with Crippen LogP contribution in [0.4, 0.5) is 102 Å². The van der Waals surface area contributed by atoms with Crippen LogP contribution in [0.15, 0.2) is 534 Å². The van der Waals surface area contributed by atoms with Gasteiger partial charge < -0.3 is 29.4 Å². The Morgan fingerprint density at radius 1 is 0.0896 bits per heavy atom. The van der Waals surface area contributed by atoms with E-state index in [9.17, 15) is 0 Å². The molecule has 24 rings (SSSR count). The molecule has 134 heavy (non-hydrogen) atoms. The fourth-order valence-corrected chi connectivity index (χ4v) is 20.1. The molecular weight excluding hydrogens is 1620 g/mol. The van der Waals surface area contributed by atoms with Crippen molar-refractivity contribution in [3.8, 4) is 33.4 Å². The Hall–Kier alpha value is -17.8. The third-order valence-corrected chi connectivity index (χ3v) is 26.5. The average Bonchev–Trinajstić information content (AvgIpc) is 0.736. The van der Waals surface area contributed by atoms with Gasteiger partial charge in [0.15, 0.2) is 0 Å². The smallest absolute Gasteiger partial charge is 0.0540 e. The number of anilines is 18. The molecule has 24 aromatic carbocycles. The average molecular weight is 1710 g/mol. The standard InChI is InChI=1S/C128H88N6/c1-6-33-98(34-7-1)129(99-35-8-2-9-36-99)106-75-77-110(78-76-106)134(128-51-27-31-94-29-18-19-44-115(94)128)109-68-58-93(59-69-109)92-56-66-105(67-57-92)133(112-70-60-89-28-16-17-30-95(89)84-112)108-73-71-107(72-74-108)130(100-37-10-3-11-38-100)111-43-26-32-96(85-111)97-61-81-122-119-48-23-25-50-121(119)127-88-114(80-83-124(127)125(122)86-97)132(102-41-14-5-15-42-102)104-64-54-91(55-65-104)90-52-62-103(63-53-90)131(101-39-12-4-13-40-101)113-79-82-123-118-47-21-20-45-116(118)117-46-22-24-49-120(117)126(123)87-113/h1-88H. The highest BCUT2D eigenvalue weighted by atomic mass is 15.2. The van der Waals surface area contributed by atoms with Crippen LogP contribution in [0.1, 0.15) is 0 Å². The van der Waals surface area contributed by atoms with Gasteiger partial charge in [0.25, 0.3) is 0 Å². The molecule has 0 spiro atoms. The molecule has 630 valence electrons. The van der Waals surface area contributed by atoms with Gasteiger partial charge in [0.2, 0.25) is 0 Å². The Kier molecular flexibility index (Phi) is 20.6. The van der Waals surface area contributed by atoms with Crippen LogP contribution in [0.25, 0.3) is 120 Å². The van der Waals surface area contributed by atoms with Gasteiger partial charge in [-0.05, 0) is 333 Å². The van der Waals surface area contributed by atoms with Crippen LogP contribution in [-0.2, 0) is 0 Å². The lowest BCUT2D eigenvalue weighted by molar-refractivity contribution is 1.26. The summed E-state index contributed by atoms with van der Waals surface area (Å²) in [5.41, 5.74) is 26.1. The molecule has 0 saturated heterocycles. The summed E-state index contributed by atoms with van der Waals surface area (Å²) in [6, 6.07) is 195. The summed E-state index contributed by atoms with van der Waals surface area (Å²) in [6.45, 7) is 0. The molecule has 0 bridgehead atoms. The van der Waals surface area contributed by atoms with Crippen molar-refractivity contribution in [2.45, 2.75) is 0 Å². The van der Waals surface area contributed by atoms with Crippen molar-refractivity contribution in [3.63, 3.8) is 0 Å². The molecule has 0 aromatic heterocycles. The van der Waals surface area contributed by atoms with E-state index in [4.69, 9.17) is 0 Å². The first-order chi connectivity index (χ1) is 66.4. The highest BCUT2D eigenvalue weighted by Crippen LogP contribution is 2.50. The lowest BCUT2D eigenvalue weighted by atomic mass is 9.91. The summed E-state index contributed by atoms with van der Waals surface area (Å²) < 4.78 is 0. The number of hydrogen-bond acceptors (Lipinski definition) is 6. The first kappa shape index (κ1) is 79.5. The van der Waals surface area contributed by atoms with Crippen molar-refractivity contribution in [1.82, 2.24) is 0 Å². The third-order valence-electron chi connectivity index (χ3n) is 26.5. The monoisotopic (exact) mass is 1710 g/mol. The molecule has 6 heteroatoms. The third kappa shape index (κ3) is 14.9. The lowest BCUT2D eigenvalue weighted by Crippen LogP contribution is -2.12. The summed E-state index contributed by atoms with van der Waals surface area (Å²) in [5, 5.41) is 19.5. The minimum Gasteiger partial charge on any atom is -0.311 e. The maximum atomic E-state index is 2.41. The van der Waals surface area contributed by atoms with Crippen LogP contribution in [0.3, 0.4) is 0 Å². The zero-order chi connectivity index (χ0) is 88.8. The molecular formula is C128H88N6. The molecule has 0 heterocycles. The first-order valence-corrected chi connectivity index (χ1v) is 45.9. The van der Waals surface area contributed by atoms with E-state index in [1.165, 1.54) is 86.2 Å². The van der Waals surface area contributed by atoms with Gasteiger partial charge in [0.1, 0.15) is 0 Å². The summed E-state index contributed by atoms with van der Waals surface area (Å²) >= 11 is 0. The molecule has 0 saturated carbocycles. The van der Waals surface area contributed by atoms with Crippen LogP contribution in [0, 0.1) is 0 Å². The van der Waals surface area contributed by atoms with Crippen LogP contribution < -0.4 is 29.4 Å². The van der Waals surface area contributed by atoms with Gasteiger partial charge in [0.05, 0.1) is 5.69 Å². The fraction of sp³-hybridized carbons (Fsp3) is 0. The normalized spacial score (nSPS) is 11.4. The van der Waals surface area contributed by atoms with Crippen LogP contribution >= 0.6 is 0 Å². The van der Waals surface area contributed by atoms with E-state index >= 15 is 0 Å². The van der Waals surface area contributed by atoms with Gasteiger partial charge >= 0.3 is 0 Å². The molecule has 0 aliphatic rings. The lowest BCUT2D eigenvalue weighted by Gasteiger charge is -2.29. The molecule has 24 aromatic rings. The number of nitrogens with zero attached hydrogens (tertiary/aromatic N) is 6. The van der Waals surface area contributed by atoms with E-state index in [0.717, 1.165) is 136 Å². The molecule has 0 aliphatic heterocycles. The summed E-state index contributed by atoms with van der Waals surface area (Å²) in [4.78, 5) is 14.2. The highest BCUT2D eigenvalue weighted by molar-refractivity contribution is 6.28. The number of para-hydroxylation sites is 5. The molecule has 0 aliphatic carbocycles. The van der Waals surface area contributed by atoms with Crippen molar-refractivity contribution >= 4 is 189 Å². The van der Waals surface area contributed by atoms with E-state index in [2.05, 4.69) is 563 Å². The maximum absolute atomic E-state index is 2.41. The van der Waals surface area contributed by atoms with Crippen LogP contribution in [0.5, 0.6) is 0 Å². The predicted molar refractivity (Wildman–Crippen MR) is 571 cm³/mol. The molecule has 0 radical (unpaired) electrons. The number of fused-ring (bicyclic) bond motifs is 14. The largest absolute Gasteiger partial charge is 0.311 e. The summed E-state index contributed by atoms with van der Waals surface area (Å²) in [6.07, 6.45) is 0. The molecule has 0 atom stereocenters. The van der Waals surface area contributed by atoms with E-state index in [0.29, 0.717) is 0 Å². The second-order valence-corrected chi connectivity index (χ2v) is 34.3. The van der Waals surface area contributed by atoms with Gasteiger partial charge in [-0.15, -0.1) is 0 Å². The number of hydrogen-bond donors (Lipinski definition) is 0. The fourth-order valence-electron chi connectivity index (χ4n) is 20.1. The van der Waals surface area contributed by atoms with Gasteiger partial charge in [-0.3, -0.25) is 0 Å². The number of benzene rings is 24. The second-order valence-electron chi connectivity index (χ2n) is 34.3. The van der Waals surface area contributed by atoms with Gasteiger partial charge in [-0.2, -0.15) is 0 Å². The molecule has 0 unspecified atom stereocenters. The van der Waals surface area contributed by atoms with Gasteiger partial charge in [-0.25, -0.2) is 0 Å². The minimum atomic E-state index is 1.04. The first-order valence-electron chi connectivity index (χ1n) is 45.9. The van der Waals surface area contributed by atoms with Gasteiger partial charge in [-0.1, -0.05) is 315 Å². The SMILES string of the molecule is c1ccc(N(c2ccccc2)c2ccc(N(c3ccc(-c4ccc(N(c5ccc(N(c6ccccc6)c6cccc(-c7ccc8c9ccccc9c9cc(N(c%10ccccc%10)c%10ccc(-c%11ccc(N(c%12ccccc%12)c%12ccc%13c%14ccccc%14c%14ccccc%14c%13c%12)cc%11)cc%10)ccc9c8c7)c6)cc5)c5ccc6ccccc6c5)cc4)cc3)c3cccc4ccccc34)cc2)cc1. The maximum Gasteiger partial charge on any atom is 0.0540 e. The topological polar surface area (TPSA) is 19.4 Å². The highest BCUT2D eigenvalue weighted by Gasteiger charge is 2.25. The Bertz CT molecular complexity index is 8380. The minimum absolute atomic E-state index is 1.04. The summed E-state index contributed by atoms with van der Waals surface area (Å²) in [7, 11) is 0. The van der Waals surface area contributed by atoms with Crippen molar-refractivity contribution in [2.75, 3.05) is 29.4 Å². The van der Waals surface area contributed by atoms with E-state index < -0.39 is 0 Å². The molecule has 0 fully saturated rings. The zero-order valence-electron chi connectivity index (χ0n) is 73.5. The van der Waals surface area contributed by atoms with Crippen molar-refractivity contribution < 1.29 is 0 Å². The summed E-state index contributed by atoms with van der Waals surface area (Å²) in [5.74, 6) is 0. The Balaban J connectivity index is 0.528. The van der Waals surface area contributed by atoms with Crippen molar-refractivity contribution in [1.29, 1.82) is 0 Å². The Morgan fingerprint density at radius 2 is 0.306 bits per heavy atom. The zero-order valence-corrected chi connectivity index (χ0v) is 73.5. The van der Waals surface area contributed by atoms with Crippen molar-refractivity contribution in [3.05, 3.63) is 534 Å². The Labute approximate surface area is 779 Å². The van der Waals surface area contributed by atoms with Crippen LogP contribution in [-0.4, -0.2) is 0 Å². The van der Waals surface area contributed by atoms with Gasteiger partial charge in [0, 0.05) is 102 Å². The second kappa shape index (κ2) is 34.6. The van der Waals surface area contributed by atoms with E-state index in [1.54, 1.807) is 0 Å². The van der Waals surface area contributed by atoms with Crippen molar-refractivity contribution in [2.24, 2.45) is 0 Å². The number of rotatable bonds is 21. The quantitative estimate of drug-likeness (QED) is 0.0663.